The third-order valence-corrected chi connectivity index (χ3v) is 5.86. The van der Waals surface area contributed by atoms with Crippen molar-refractivity contribution in [1.29, 1.82) is 0 Å². The Morgan fingerprint density at radius 3 is 2.48 bits per heavy atom. The minimum atomic E-state index is -4.49. The van der Waals surface area contributed by atoms with Gasteiger partial charge in [-0.2, -0.15) is 13.2 Å². The van der Waals surface area contributed by atoms with Gasteiger partial charge in [-0.3, -0.25) is 0 Å². The molecule has 2 aliphatic rings. The molecule has 0 bridgehead atoms. The van der Waals surface area contributed by atoms with Crippen LogP contribution in [0.3, 0.4) is 0 Å². The van der Waals surface area contributed by atoms with Gasteiger partial charge in [-0.1, -0.05) is 13.8 Å². The van der Waals surface area contributed by atoms with Crippen LogP contribution in [0.5, 0.6) is 5.75 Å². The van der Waals surface area contributed by atoms with Crippen molar-refractivity contribution in [2.75, 3.05) is 31.6 Å². The molecule has 174 valence electrons. The molecule has 2 unspecified atom stereocenters. The molecule has 1 amide bonds. The molecule has 0 N–H and O–H groups in total. The smallest absolute Gasteiger partial charge is 0.418 e. The fourth-order valence-corrected chi connectivity index (χ4v) is 4.38. The summed E-state index contributed by atoms with van der Waals surface area (Å²) in [5.41, 5.74) is -0.510. The van der Waals surface area contributed by atoms with Crippen molar-refractivity contribution in [1.82, 2.24) is 4.90 Å². The molecule has 31 heavy (non-hydrogen) atoms. The van der Waals surface area contributed by atoms with Gasteiger partial charge in [-0.15, -0.1) is 0 Å². The third-order valence-electron chi connectivity index (χ3n) is 5.86. The van der Waals surface area contributed by atoms with Gasteiger partial charge in [0.05, 0.1) is 17.9 Å². The van der Waals surface area contributed by atoms with Crippen molar-refractivity contribution in [2.45, 2.75) is 71.2 Å². The number of carbonyl (C=O) groups is 1. The first kappa shape index (κ1) is 23.5. The predicted octanol–water partition coefficient (Wildman–Crippen LogP) is 5.67. The minimum absolute atomic E-state index is 0.0966. The largest absolute Gasteiger partial charge is 0.494 e. The second-order valence-electron chi connectivity index (χ2n) is 9.94. The zero-order valence-electron chi connectivity index (χ0n) is 19.2. The first-order valence-electron chi connectivity index (χ1n) is 10.9. The molecule has 8 heteroatoms. The third kappa shape index (κ3) is 5.21. The maximum absolute atomic E-state index is 13.9. The molecular formula is C23H33F3N2O3. The molecule has 0 spiro atoms. The number of amides is 1. The van der Waals surface area contributed by atoms with Gasteiger partial charge in [-0.25, -0.2) is 4.79 Å². The van der Waals surface area contributed by atoms with E-state index >= 15 is 0 Å². The molecule has 1 aromatic carbocycles. The molecule has 2 atom stereocenters. The summed E-state index contributed by atoms with van der Waals surface area (Å²) in [6.45, 7) is 10.6. The van der Waals surface area contributed by atoms with Gasteiger partial charge in [0.2, 0.25) is 0 Å². The van der Waals surface area contributed by atoms with E-state index in [0.717, 1.165) is 12.5 Å². The number of ether oxygens (including phenoxy) is 2. The van der Waals surface area contributed by atoms with Gasteiger partial charge >= 0.3 is 12.3 Å². The van der Waals surface area contributed by atoms with Crippen LogP contribution in [0.2, 0.25) is 0 Å². The Labute approximate surface area is 182 Å². The monoisotopic (exact) mass is 442 g/mol. The average Bonchev–Trinajstić information content (AvgIpc) is 2.91. The standard InChI is InChI=1S/C23H33F3N2O3/c1-14(2)8-10-30-15-11-16-17-13-28(21(29)31-22(3,4)5)9-7-19(17)27(6)20(16)18(12-15)23(24,25)26/h11-12,14,17,19H,7-10,13H2,1-6H3. The number of carbonyl (C=O) groups excluding carboxylic acids is 1. The van der Waals surface area contributed by atoms with Gasteiger partial charge < -0.3 is 19.3 Å². The van der Waals surface area contributed by atoms with E-state index in [0.29, 0.717) is 37.6 Å². The van der Waals surface area contributed by atoms with E-state index in [9.17, 15) is 18.0 Å². The van der Waals surface area contributed by atoms with E-state index in [4.69, 9.17) is 9.47 Å². The number of alkyl halides is 3. The Morgan fingerprint density at radius 1 is 1.23 bits per heavy atom. The summed E-state index contributed by atoms with van der Waals surface area (Å²) in [6.07, 6.45) is -3.58. The molecule has 0 aliphatic carbocycles. The molecule has 1 aromatic rings. The summed E-state index contributed by atoms with van der Waals surface area (Å²) in [6, 6.07) is 2.74. The Hall–Kier alpha value is -2.12. The first-order valence-corrected chi connectivity index (χ1v) is 10.9. The van der Waals surface area contributed by atoms with E-state index in [1.165, 1.54) is 0 Å². The summed E-state index contributed by atoms with van der Waals surface area (Å²) in [5, 5.41) is 0. The van der Waals surface area contributed by atoms with Crippen LogP contribution in [0, 0.1) is 5.92 Å². The highest BCUT2D eigenvalue weighted by Gasteiger charge is 2.47. The van der Waals surface area contributed by atoms with Crippen molar-refractivity contribution in [3.8, 4) is 5.75 Å². The Balaban J connectivity index is 1.93. The second kappa shape index (κ2) is 8.43. The summed E-state index contributed by atoms with van der Waals surface area (Å²) in [7, 11) is 1.71. The number of likely N-dealkylation sites (N-methyl/N-ethyl adjacent to an activating group) is 1. The van der Waals surface area contributed by atoms with Crippen molar-refractivity contribution >= 4 is 11.8 Å². The van der Waals surface area contributed by atoms with Crippen LogP contribution in [-0.4, -0.2) is 49.4 Å². The molecule has 1 saturated heterocycles. The van der Waals surface area contributed by atoms with Crippen LogP contribution in [0.4, 0.5) is 23.7 Å². The van der Waals surface area contributed by atoms with Crippen LogP contribution in [0.1, 0.15) is 64.5 Å². The normalized spacial score (nSPS) is 21.2. The van der Waals surface area contributed by atoms with Crippen molar-refractivity contribution < 1.29 is 27.4 Å². The van der Waals surface area contributed by atoms with Gasteiger partial charge in [0.15, 0.2) is 0 Å². The number of halogens is 3. The molecular weight excluding hydrogens is 409 g/mol. The number of piperidine rings is 1. The average molecular weight is 443 g/mol. The second-order valence-corrected chi connectivity index (χ2v) is 9.94. The highest BCUT2D eigenvalue weighted by Crippen LogP contribution is 2.51. The topological polar surface area (TPSA) is 42.0 Å². The van der Waals surface area contributed by atoms with E-state index < -0.39 is 23.4 Å². The lowest BCUT2D eigenvalue weighted by molar-refractivity contribution is -0.137. The van der Waals surface area contributed by atoms with E-state index in [-0.39, 0.29) is 23.4 Å². The lowest BCUT2D eigenvalue weighted by Crippen LogP contribution is -2.48. The summed E-state index contributed by atoms with van der Waals surface area (Å²) in [5.74, 6) is 0.402. The van der Waals surface area contributed by atoms with Gasteiger partial charge in [-0.05, 0) is 57.2 Å². The van der Waals surface area contributed by atoms with Gasteiger partial charge in [0.25, 0.3) is 0 Å². The number of hydrogen-bond acceptors (Lipinski definition) is 4. The first-order chi connectivity index (χ1) is 14.3. The molecule has 5 nitrogen and oxygen atoms in total. The fraction of sp³-hybridized carbons (Fsp3) is 0.696. The zero-order chi connectivity index (χ0) is 23.1. The molecule has 2 heterocycles. The SMILES string of the molecule is CC(C)CCOc1cc2c(c(C(F)(F)F)c1)N(C)C1CCN(C(=O)OC(C)(C)C)CC21. The lowest BCUT2D eigenvalue weighted by Gasteiger charge is -2.38. The number of rotatable bonds is 4. The molecule has 1 fully saturated rings. The summed E-state index contributed by atoms with van der Waals surface area (Å²) < 4.78 is 53.0. The minimum Gasteiger partial charge on any atom is -0.494 e. The summed E-state index contributed by atoms with van der Waals surface area (Å²) >= 11 is 0. The maximum Gasteiger partial charge on any atom is 0.418 e. The van der Waals surface area contributed by atoms with Gasteiger partial charge in [0.1, 0.15) is 11.4 Å². The fourth-order valence-electron chi connectivity index (χ4n) is 4.38. The highest BCUT2D eigenvalue weighted by atomic mass is 19.4. The van der Waals surface area contributed by atoms with Crippen LogP contribution in [-0.2, 0) is 10.9 Å². The molecule has 0 radical (unpaired) electrons. The molecule has 0 aromatic heterocycles. The number of nitrogens with zero attached hydrogens (tertiary/aromatic N) is 2. The van der Waals surface area contributed by atoms with Crippen LogP contribution in [0.25, 0.3) is 0 Å². The quantitative estimate of drug-likeness (QED) is 0.602. The number of hydrogen-bond donors (Lipinski definition) is 0. The molecule has 0 saturated carbocycles. The highest BCUT2D eigenvalue weighted by molar-refractivity contribution is 5.72. The Bertz CT molecular complexity index is 818. The number of fused-ring (bicyclic) bond motifs is 3. The van der Waals surface area contributed by atoms with E-state index in [2.05, 4.69) is 0 Å². The molecule has 2 aliphatic heterocycles. The number of benzene rings is 1. The zero-order valence-corrected chi connectivity index (χ0v) is 19.2. The van der Waals surface area contributed by atoms with Crippen molar-refractivity contribution in [2.24, 2.45) is 5.92 Å². The van der Waals surface area contributed by atoms with Crippen LogP contribution >= 0.6 is 0 Å². The molecule has 3 rings (SSSR count). The number of likely N-dealkylation sites (tertiary alicyclic amines) is 1. The van der Waals surface area contributed by atoms with Crippen LogP contribution < -0.4 is 9.64 Å². The predicted molar refractivity (Wildman–Crippen MR) is 114 cm³/mol. The number of anilines is 1. The Kier molecular flexibility index (Phi) is 6.40. The summed E-state index contributed by atoms with van der Waals surface area (Å²) in [4.78, 5) is 15.9. The maximum atomic E-state index is 13.9. The van der Waals surface area contributed by atoms with E-state index in [1.807, 2.05) is 13.8 Å². The van der Waals surface area contributed by atoms with Gasteiger partial charge in [0, 0.05) is 32.1 Å². The van der Waals surface area contributed by atoms with E-state index in [1.54, 1.807) is 43.7 Å². The lowest BCUT2D eigenvalue weighted by atomic mass is 9.88. The van der Waals surface area contributed by atoms with Crippen molar-refractivity contribution in [3.63, 3.8) is 0 Å². The Morgan fingerprint density at radius 2 is 1.90 bits per heavy atom. The van der Waals surface area contributed by atoms with Crippen molar-refractivity contribution in [3.05, 3.63) is 23.3 Å². The van der Waals surface area contributed by atoms with Crippen LogP contribution in [0.15, 0.2) is 12.1 Å².